The van der Waals surface area contributed by atoms with Crippen LogP contribution in [0.4, 0.5) is 5.69 Å². The molecule has 2 atom stereocenters. The lowest BCUT2D eigenvalue weighted by atomic mass is 9.96. The minimum atomic E-state index is -0.600. The third-order valence-corrected chi connectivity index (χ3v) is 5.67. The van der Waals surface area contributed by atoms with Gasteiger partial charge in [-0.25, -0.2) is 0 Å². The smallest absolute Gasteiger partial charge is 0.256 e. The predicted molar refractivity (Wildman–Crippen MR) is 120 cm³/mol. The maximum Gasteiger partial charge on any atom is 0.256 e. The van der Waals surface area contributed by atoms with Crippen molar-refractivity contribution in [2.45, 2.75) is 24.9 Å². The zero-order valence-electron chi connectivity index (χ0n) is 17.4. The summed E-state index contributed by atoms with van der Waals surface area (Å²) in [6.45, 7) is 0.645. The van der Waals surface area contributed by atoms with E-state index in [1.807, 2.05) is 54.6 Å². The first kappa shape index (κ1) is 20.8. The number of hydrogen-bond acceptors (Lipinski definition) is 4. The molecule has 7 nitrogen and oxygen atoms in total. The van der Waals surface area contributed by atoms with Crippen molar-refractivity contribution in [2.24, 2.45) is 0 Å². The quantitative estimate of drug-likeness (QED) is 0.649. The summed E-state index contributed by atoms with van der Waals surface area (Å²) in [5.41, 5.74) is 2.97. The molecule has 1 saturated heterocycles. The van der Waals surface area contributed by atoms with Crippen LogP contribution in [0.15, 0.2) is 48.5 Å². The van der Waals surface area contributed by atoms with Gasteiger partial charge in [0.15, 0.2) is 0 Å². The first-order valence-corrected chi connectivity index (χ1v) is 10.5. The lowest BCUT2D eigenvalue weighted by Crippen LogP contribution is -2.55. The van der Waals surface area contributed by atoms with E-state index < -0.39 is 6.04 Å². The number of carbonyl (C=O) groups excluding carboxylic acids is 3. The lowest BCUT2D eigenvalue weighted by Gasteiger charge is -2.37. The van der Waals surface area contributed by atoms with Crippen molar-refractivity contribution < 1.29 is 14.4 Å². The molecule has 2 aromatic carbocycles. The average molecular weight is 418 g/mol. The summed E-state index contributed by atoms with van der Waals surface area (Å²) in [4.78, 5) is 39.7. The van der Waals surface area contributed by atoms with Crippen LogP contribution >= 0.6 is 0 Å². The third kappa shape index (κ3) is 4.67. The van der Waals surface area contributed by atoms with Gasteiger partial charge in [0.2, 0.25) is 11.8 Å². The Morgan fingerprint density at radius 1 is 1.13 bits per heavy atom. The van der Waals surface area contributed by atoms with E-state index in [1.165, 1.54) is 0 Å². The maximum atomic E-state index is 13.3. The largest absolute Gasteiger partial charge is 0.352 e. The first-order valence-electron chi connectivity index (χ1n) is 10.5. The van der Waals surface area contributed by atoms with Gasteiger partial charge in [0.05, 0.1) is 17.8 Å². The van der Waals surface area contributed by atoms with E-state index in [0.29, 0.717) is 30.6 Å². The van der Waals surface area contributed by atoms with Crippen molar-refractivity contribution in [1.82, 2.24) is 15.5 Å². The van der Waals surface area contributed by atoms with Gasteiger partial charge < -0.3 is 20.9 Å². The van der Waals surface area contributed by atoms with Gasteiger partial charge in [-0.2, -0.15) is 0 Å². The van der Waals surface area contributed by atoms with E-state index >= 15 is 0 Å². The Morgan fingerprint density at radius 3 is 2.68 bits per heavy atom. The predicted octanol–water partition coefficient (Wildman–Crippen LogP) is 2.12. The highest BCUT2D eigenvalue weighted by atomic mass is 16.2. The monoisotopic (exact) mass is 418 g/mol. The molecule has 0 spiro atoms. The van der Waals surface area contributed by atoms with Gasteiger partial charge in [0.1, 0.15) is 6.04 Å². The van der Waals surface area contributed by atoms with E-state index in [1.54, 1.807) is 18.0 Å². The number of likely N-dealkylation sites (N-methyl/N-ethyl adjacent to an activating group) is 1. The fraction of sp³-hybridized carbons (Fsp3) is 0.292. The van der Waals surface area contributed by atoms with Crippen molar-refractivity contribution in [1.29, 1.82) is 0 Å². The van der Waals surface area contributed by atoms with Crippen molar-refractivity contribution in [2.75, 3.05) is 25.5 Å². The second-order valence-corrected chi connectivity index (χ2v) is 7.87. The standard InChI is InChI=1S/C24H26N4O3/c1-25-15-22(29)26-18-11-12-28-21(14-18)23(30)27-20-10-9-17(13-19(20)24(28)31)8-7-16-5-3-2-4-6-16/h2-10,13,18,21,25H,11-12,14-15H2,1H3,(H,26,29)(H,27,30). The number of fused-ring (bicyclic) bond motifs is 2. The average Bonchev–Trinajstić information content (AvgIpc) is 2.88. The number of benzene rings is 2. The van der Waals surface area contributed by atoms with Crippen molar-refractivity contribution >= 4 is 35.6 Å². The topological polar surface area (TPSA) is 90.5 Å². The summed E-state index contributed by atoms with van der Waals surface area (Å²) in [7, 11) is 1.71. The molecule has 3 N–H and O–H groups in total. The van der Waals surface area contributed by atoms with Gasteiger partial charge in [-0.1, -0.05) is 48.6 Å². The highest BCUT2D eigenvalue weighted by Crippen LogP contribution is 2.29. The Morgan fingerprint density at radius 2 is 1.90 bits per heavy atom. The Hall–Kier alpha value is -3.45. The zero-order chi connectivity index (χ0) is 21.8. The van der Waals surface area contributed by atoms with Crippen LogP contribution in [0.1, 0.15) is 34.3 Å². The Bertz CT molecular complexity index is 1020. The van der Waals surface area contributed by atoms with E-state index in [0.717, 1.165) is 11.1 Å². The van der Waals surface area contributed by atoms with Crippen molar-refractivity contribution in [3.63, 3.8) is 0 Å². The SMILES string of the molecule is CNCC(=O)NC1CCN2C(=O)c3cc(C=Cc4ccccc4)ccc3NC(=O)C2C1. The zero-order valence-corrected chi connectivity index (χ0v) is 17.4. The van der Waals surface area contributed by atoms with Crippen LogP contribution in [-0.2, 0) is 9.59 Å². The van der Waals surface area contributed by atoms with Crippen molar-refractivity contribution in [3.8, 4) is 0 Å². The number of carbonyl (C=O) groups is 3. The van der Waals surface area contributed by atoms with Gasteiger partial charge >= 0.3 is 0 Å². The van der Waals surface area contributed by atoms with E-state index in [-0.39, 0.29) is 30.3 Å². The van der Waals surface area contributed by atoms with Gasteiger partial charge in [-0.05, 0) is 43.1 Å². The number of anilines is 1. The first-order chi connectivity index (χ1) is 15.0. The van der Waals surface area contributed by atoms with Gasteiger partial charge in [0.25, 0.3) is 5.91 Å². The lowest BCUT2D eigenvalue weighted by molar-refractivity contribution is -0.124. The molecule has 0 radical (unpaired) electrons. The molecule has 2 unspecified atom stereocenters. The summed E-state index contributed by atoms with van der Waals surface area (Å²) < 4.78 is 0. The molecule has 2 heterocycles. The minimum absolute atomic E-state index is 0.112. The van der Waals surface area contributed by atoms with E-state index in [4.69, 9.17) is 0 Å². The van der Waals surface area contributed by atoms with Gasteiger partial charge in [0, 0.05) is 12.6 Å². The highest BCUT2D eigenvalue weighted by Gasteiger charge is 2.40. The number of amides is 3. The second kappa shape index (κ2) is 9.14. The molecular weight excluding hydrogens is 392 g/mol. The molecular formula is C24H26N4O3. The molecule has 0 aliphatic carbocycles. The van der Waals surface area contributed by atoms with Crippen LogP contribution in [0.2, 0.25) is 0 Å². The van der Waals surface area contributed by atoms with Crippen LogP contribution < -0.4 is 16.0 Å². The molecule has 2 aromatic rings. The number of nitrogens with one attached hydrogen (secondary N) is 3. The summed E-state index contributed by atoms with van der Waals surface area (Å²) >= 11 is 0. The fourth-order valence-corrected chi connectivity index (χ4v) is 4.11. The third-order valence-electron chi connectivity index (χ3n) is 5.67. The molecule has 7 heteroatoms. The molecule has 4 rings (SSSR count). The Balaban J connectivity index is 1.53. The molecule has 0 aromatic heterocycles. The van der Waals surface area contributed by atoms with E-state index in [9.17, 15) is 14.4 Å². The molecule has 2 aliphatic rings. The highest BCUT2D eigenvalue weighted by molar-refractivity contribution is 6.10. The summed E-state index contributed by atoms with van der Waals surface area (Å²) in [6.07, 6.45) is 4.97. The number of rotatable bonds is 5. The van der Waals surface area contributed by atoms with Crippen LogP contribution in [0.3, 0.4) is 0 Å². The molecule has 2 aliphatic heterocycles. The fourth-order valence-electron chi connectivity index (χ4n) is 4.11. The molecule has 160 valence electrons. The van der Waals surface area contributed by atoms with Gasteiger partial charge in [-0.15, -0.1) is 0 Å². The van der Waals surface area contributed by atoms with Gasteiger partial charge in [-0.3, -0.25) is 14.4 Å². The summed E-state index contributed by atoms with van der Waals surface area (Å²) in [5.74, 6) is -0.486. The minimum Gasteiger partial charge on any atom is -0.352 e. The normalized spacial score (nSPS) is 20.6. The van der Waals surface area contributed by atoms with Crippen LogP contribution in [-0.4, -0.2) is 54.8 Å². The molecule has 0 saturated carbocycles. The number of hydrogen-bond donors (Lipinski definition) is 3. The van der Waals surface area contributed by atoms with Crippen LogP contribution in [0.5, 0.6) is 0 Å². The van der Waals surface area contributed by atoms with E-state index in [2.05, 4.69) is 16.0 Å². The Labute approximate surface area is 181 Å². The molecule has 1 fully saturated rings. The maximum absolute atomic E-state index is 13.3. The van der Waals surface area contributed by atoms with Crippen LogP contribution in [0.25, 0.3) is 12.2 Å². The molecule has 0 bridgehead atoms. The molecule has 31 heavy (non-hydrogen) atoms. The molecule has 3 amide bonds. The summed E-state index contributed by atoms with van der Waals surface area (Å²) in [5, 5.41) is 8.66. The number of piperidine rings is 1. The van der Waals surface area contributed by atoms with Crippen LogP contribution in [0, 0.1) is 0 Å². The summed E-state index contributed by atoms with van der Waals surface area (Å²) in [6, 6.07) is 14.7. The number of nitrogens with zero attached hydrogens (tertiary/aromatic N) is 1. The second-order valence-electron chi connectivity index (χ2n) is 7.87. The Kier molecular flexibility index (Phi) is 6.13. The van der Waals surface area contributed by atoms with Crippen molar-refractivity contribution in [3.05, 3.63) is 65.2 Å².